The van der Waals surface area contributed by atoms with Gasteiger partial charge in [-0.2, -0.15) is 0 Å². The molecule has 0 aliphatic rings. The molecular weight excluding hydrogens is 258 g/mol. The molecule has 1 aromatic carbocycles. The third-order valence-electron chi connectivity index (χ3n) is 2.43. The number of rotatable bonds is 10. The molecule has 0 radical (unpaired) electrons. The van der Waals surface area contributed by atoms with Crippen molar-refractivity contribution in [3.05, 3.63) is 24.3 Å². The summed E-state index contributed by atoms with van der Waals surface area (Å²) in [7, 11) is 0. The molecule has 0 aliphatic carbocycles. The van der Waals surface area contributed by atoms with Gasteiger partial charge >= 0.3 is 0 Å². The zero-order valence-corrected chi connectivity index (χ0v) is 12.2. The number of nitrogen functional groups attached to an aromatic ring is 1. The molecule has 0 heterocycles. The fourth-order valence-electron chi connectivity index (χ4n) is 1.50. The molecule has 0 aliphatic heterocycles. The van der Waals surface area contributed by atoms with E-state index in [9.17, 15) is 5.11 Å². The first-order valence-corrected chi connectivity index (χ1v) is 6.90. The van der Waals surface area contributed by atoms with E-state index >= 15 is 0 Å². The molecule has 1 rings (SSSR count). The fraction of sp³-hybridized carbons (Fsp3) is 0.600. The Labute approximate surface area is 120 Å². The molecule has 0 saturated heterocycles. The quantitative estimate of drug-likeness (QED) is 0.505. The molecule has 5 heteroatoms. The van der Waals surface area contributed by atoms with Crippen molar-refractivity contribution in [1.82, 2.24) is 0 Å². The molecule has 5 nitrogen and oxygen atoms in total. The smallest absolute Gasteiger partial charge is 0.121 e. The van der Waals surface area contributed by atoms with Gasteiger partial charge in [-0.1, -0.05) is 19.9 Å². The Bertz CT molecular complexity index is 371. The van der Waals surface area contributed by atoms with Crippen LogP contribution in [0.3, 0.4) is 0 Å². The van der Waals surface area contributed by atoms with Crippen molar-refractivity contribution in [3.8, 4) is 5.75 Å². The molecule has 3 N–H and O–H groups in total. The largest absolute Gasteiger partial charge is 0.491 e. The van der Waals surface area contributed by atoms with E-state index in [1.165, 1.54) is 0 Å². The Morgan fingerprint density at radius 3 is 2.45 bits per heavy atom. The van der Waals surface area contributed by atoms with Crippen molar-refractivity contribution < 1.29 is 19.3 Å². The van der Waals surface area contributed by atoms with Crippen LogP contribution in [0.4, 0.5) is 5.69 Å². The van der Waals surface area contributed by atoms with Gasteiger partial charge in [-0.3, -0.25) is 0 Å². The van der Waals surface area contributed by atoms with Crippen molar-refractivity contribution in [3.63, 3.8) is 0 Å². The Balaban J connectivity index is 2.04. The Morgan fingerprint density at radius 1 is 1.10 bits per heavy atom. The van der Waals surface area contributed by atoms with Gasteiger partial charge in [0, 0.05) is 18.4 Å². The number of anilines is 1. The number of benzene rings is 1. The summed E-state index contributed by atoms with van der Waals surface area (Å²) in [5.41, 5.74) is 6.27. The topological polar surface area (TPSA) is 73.9 Å². The lowest BCUT2D eigenvalue weighted by molar-refractivity contribution is -0.0139. The summed E-state index contributed by atoms with van der Waals surface area (Å²) in [5, 5.41) is 9.70. The summed E-state index contributed by atoms with van der Waals surface area (Å²) < 4.78 is 16.1. The first kappa shape index (κ1) is 16.8. The molecule has 20 heavy (non-hydrogen) atoms. The minimum absolute atomic E-state index is 0.177. The van der Waals surface area contributed by atoms with Crippen LogP contribution in [0, 0.1) is 5.92 Å². The summed E-state index contributed by atoms with van der Waals surface area (Å²) in [4.78, 5) is 0. The number of aliphatic hydroxyl groups excluding tert-OH is 1. The molecule has 0 bridgehead atoms. The zero-order chi connectivity index (χ0) is 14.8. The highest BCUT2D eigenvalue weighted by Crippen LogP contribution is 2.14. The molecule has 0 saturated carbocycles. The van der Waals surface area contributed by atoms with Gasteiger partial charge in [-0.25, -0.2) is 0 Å². The predicted octanol–water partition coefficient (Wildman–Crippen LogP) is 1.70. The van der Waals surface area contributed by atoms with Crippen molar-refractivity contribution in [2.24, 2.45) is 5.92 Å². The molecule has 0 amide bonds. The third kappa shape index (κ3) is 7.99. The Morgan fingerprint density at radius 2 is 1.80 bits per heavy atom. The van der Waals surface area contributed by atoms with Gasteiger partial charge in [-0.05, 0) is 18.1 Å². The van der Waals surface area contributed by atoms with E-state index < -0.39 is 6.10 Å². The van der Waals surface area contributed by atoms with E-state index in [-0.39, 0.29) is 13.2 Å². The molecule has 0 fully saturated rings. The van der Waals surface area contributed by atoms with Crippen molar-refractivity contribution in [2.45, 2.75) is 20.0 Å². The van der Waals surface area contributed by atoms with E-state index in [2.05, 4.69) is 13.8 Å². The summed E-state index contributed by atoms with van der Waals surface area (Å²) in [6, 6.07) is 7.10. The second-order valence-corrected chi connectivity index (χ2v) is 5.08. The molecular formula is C15H25NO4. The average Bonchev–Trinajstić information content (AvgIpc) is 2.40. The van der Waals surface area contributed by atoms with Crippen LogP contribution in [0.1, 0.15) is 13.8 Å². The maximum atomic E-state index is 9.70. The van der Waals surface area contributed by atoms with E-state index in [1.807, 2.05) is 0 Å². The third-order valence-corrected chi connectivity index (χ3v) is 2.43. The number of nitrogens with two attached hydrogens (primary N) is 1. The molecule has 1 atom stereocenters. The van der Waals surface area contributed by atoms with Crippen LogP contribution in [-0.2, 0) is 9.47 Å². The van der Waals surface area contributed by atoms with Gasteiger partial charge in [0.1, 0.15) is 18.5 Å². The van der Waals surface area contributed by atoms with Gasteiger partial charge < -0.3 is 25.1 Å². The average molecular weight is 283 g/mol. The lowest BCUT2D eigenvalue weighted by Gasteiger charge is -2.13. The fourth-order valence-corrected chi connectivity index (χ4v) is 1.50. The summed E-state index contributed by atoms with van der Waals surface area (Å²) in [6.07, 6.45) is -0.665. The number of aliphatic hydroxyl groups is 1. The van der Waals surface area contributed by atoms with Gasteiger partial charge in [0.05, 0.1) is 19.8 Å². The Kier molecular flexibility index (Phi) is 8.02. The van der Waals surface area contributed by atoms with Crippen LogP contribution in [0.2, 0.25) is 0 Å². The van der Waals surface area contributed by atoms with E-state index in [0.29, 0.717) is 30.6 Å². The SMILES string of the molecule is CC(C)COCCOCC(O)COc1cccc(N)c1. The van der Waals surface area contributed by atoms with Crippen LogP contribution < -0.4 is 10.5 Å². The first-order chi connectivity index (χ1) is 9.58. The second-order valence-electron chi connectivity index (χ2n) is 5.08. The van der Waals surface area contributed by atoms with Crippen LogP contribution in [0.5, 0.6) is 5.75 Å². The highest BCUT2D eigenvalue weighted by molar-refractivity contribution is 5.43. The lowest BCUT2D eigenvalue weighted by Crippen LogP contribution is -2.24. The molecule has 0 aromatic heterocycles. The maximum absolute atomic E-state index is 9.70. The van der Waals surface area contributed by atoms with Crippen LogP contribution in [-0.4, -0.2) is 44.2 Å². The molecule has 1 unspecified atom stereocenters. The van der Waals surface area contributed by atoms with Crippen molar-refractivity contribution in [1.29, 1.82) is 0 Å². The molecule has 0 spiro atoms. The lowest BCUT2D eigenvalue weighted by atomic mass is 10.2. The van der Waals surface area contributed by atoms with Crippen LogP contribution >= 0.6 is 0 Å². The number of hydrogen-bond acceptors (Lipinski definition) is 5. The van der Waals surface area contributed by atoms with E-state index in [4.69, 9.17) is 19.9 Å². The highest BCUT2D eigenvalue weighted by atomic mass is 16.5. The molecule has 1 aromatic rings. The number of hydrogen-bond donors (Lipinski definition) is 2. The van der Waals surface area contributed by atoms with Crippen LogP contribution in [0.15, 0.2) is 24.3 Å². The first-order valence-electron chi connectivity index (χ1n) is 6.90. The van der Waals surface area contributed by atoms with Crippen molar-refractivity contribution in [2.75, 3.05) is 38.8 Å². The summed E-state index contributed by atoms with van der Waals surface area (Å²) in [5.74, 6) is 1.16. The zero-order valence-electron chi connectivity index (χ0n) is 12.2. The maximum Gasteiger partial charge on any atom is 0.121 e. The van der Waals surface area contributed by atoms with Crippen LogP contribution in [0.25, 0.3) is 0 Å². The van der Waals surface area contributed by atoms with Gasteiger partial charge in [0.15, 0.2) is 0 Å². The minimum Gasteiger partial charge on any atom is -0.491 e. The standard InChI is InChI=1S/C15H25NO4/c1-12(2)9-18-6-7-19-10-14(17)11-20-15-5-3-4-13(16)8-15/h3-5,8,12,14,17H,6-7,9-11,16H2,1-2H3. The minimum atomic E-state index is -0.665. The van der Waals surface area contributed by atoms with E-state index in [0.717, 1.165) is 6.61 Å². The van der Waals surface area contributed by atoms with Crippen molar-refractivity contribution >= 4 is 5.69 Å². The second kappa shape index (κ2) is 9.58. The Hall–Kier alpha value is -1.30. The van der Waals surface area contributed by atoms with Gasteiger partial charge in [0.2, 0.25) is 0 Å². The van der Waals surface area contributed by atoms with Gasteiger partial charge in [-0.15, -0.1) is 0 Å². The number of ether oxygens (including phenoxy) is 3. The summed E-state index contributed by atoms with van der Waals surface area (Å²) >= 11 is 0. The van der Waals surface area contributed by atoms with E-state index in [1.54, 1.807) is 24.3 Å². The van der Waals surface area contributed by atoms with Gasteiger partial charge in [0.25, 0.3) is 0 Å². The summed E-state index contributed by atoms with van der Waals surface area (Å²) in [6.45, 7) is 6.34. The monoisotopic (exact) mass is 283 g/mol. The highest BCUT2D eigenvalue weighted by Gasteiger charge is 2.05. The predicted molar refractivity (Wildman–Crippen MR) is 78.8 cm³/mol. The normalized spacial score (nSPS) is 12.6. The molecule has 114 valence electrons.